The van der Waals surface area contributed by atoms with Crippen LogP contribution in [0.5, 0.6) is 0 Å². The minimum atomic E-state index is -4.64. The van der Waals surface area contributed by atoms with Gasteiger partial charge in [0.25, 0.3) is 0 Å². The zero-order valence-corrected chi connectivity index (χ0v) is 7.12. The maximum Gasteiger partial charge on any atom is 0.466 e. The number of carbonyl (C=O) groups is 1. The standard InChI is InChI=1S/C4H8O2.H3O4P/c1-3-4(5)6-2;1-5(2,3)4/h3H2,1-2H3;(H3,1,2,3,4). The first-order valence-corrected chi connectivity index (χ1v) is 4.22. The van der Waals surface area contributed by atoms with E-state index in [0.29, 0.717) is 6.42 Å². The molecular formula is C4H11O6P. The Balaban J connectivity index is 0. The second kappa shape index (κ2) is 6.30. The topological polar surface area (TPSA) is 104 Å². The van der Waals surface area contributed by atoms with Crippen molar-refractivity contribution in [2.45, 2.75) is 13.3 Å². The Morgan fingerprint density at radius 1 is 1.45 bits per heavy atom. The molecule has 0 fully saturated rings. The molecule has 6 nitrogen and oxygen atoms in total. The lowest BCUT2D eigenvalue weighted by molar-refractivity contribution is -0.140. The lowest BCUT2D eigenvalue weighted by atomic mass is 10.5. The molecule has 0 saturated heterocycles. The van der Waals surface area contributed by atoms with Crippen molar-refractivity contribution in [1.82, 2.24) is 0 Å². The van der Waals surface area contributed by atoms with E-state index in [1.54, 1.807) is 6.92 Å². The fraction of sp³-hybridized carbons (Fsp3) is 0.750. The minimum Gasteiger partial charge on any atom is -0.469 e. The first-order chi connectivity index (χ1) is 4.81. The Morgan fingerprint density at radius 2 is 1.73 bits per heavy atom. The number of esters is 1. The summed E-state index contributed by atoms with van der Waals surface area (Å²) in [5.41, 5.74) is 0. The van der Waals surface area contributed by atoms with Crippen LogP contribution in [-0.2, 0) is 14.1 Å². The smallest absolute Gasteiger partial charge is 0.466 e. The summed E-state index contributed by atoms with van der Waals surface area (Å²) < 4.78 is 13.1. The summed E-state index contributed by atoms with van der Waals surface area (Å²) in [7, 11) is -3.26. The average molecular weight is 186 g/mol. The molecular weight excluding hydrogens is 175 g/mol. The van der Waals surface area contributed by atoms with Crippen LogP contribution in [0, 0.1) is 0 Å². The third kappa shape index (κ3) is 42.9. The van der Waals surface area contributed by atoms with Crippen molar-refractivity contribution in [2.75, 3.05) is 7.11 Å². The van der Waals surface area contributed by atoms with E-state index in [2.05, 4.69) is 4.74 Å². The molecule has 0 aliphatic rings. The number of hydrogen-bond donors (Lipinski definition) is 3. The molecule has 0 spiro atoms. The van der Waals surface area contributed by atoms with Crippen LogP contribution >= 0.6 is 7.82 Å². The summed E-state index contributed by atoms with van der Waals surface area (Å²) in [6.45, 7) is 1.76. The molecule has 0 aromatic heterocycles. The summed E-state index contributed by atoms with van der Waals surface area (Å²) in [4.78, 5) is 31.5. The summed E-state index contributed by atoms with van der Waals surface area (Å²) >= 11 is 0. The van der Waals surface area contributed by atoms with Gasteiger partial charge in [0.05, 0.1) is 7.11 Å². The fourth-order valence-electron chi connectivity index (χ4n) is 0.144. The quantitative estimate of drug-likeness (QED) is 0.381. The van der Waals surface area contributed by atoms with Gasteiger partial charge in [-0.25, -0.2) is 4.57 Å². The molecule has 68 valence electrons. The number of ether oxygens (including phenoxy) is 1. The van der Waals surface area contributed by atoms with Crippen LogP contribution in [0.2, 0.25) is 0 Å². The van der Waals surface area contributed by atoms with Gasteiger partial charge in [0, 0.05) is 6.42 Å². The highest BCUT2D eigenvalue weighted by Gasteiger charge is 2.00. The van der Waals surface area contributed by atoms with E-state index in [9.17, 15) is 4.79 Å². The summed E-state index contributed by atoms with van der Waals surface area (Å²) in [5.74, 6) is -0.157. The van der Waals surface area contributed by atoms with Crippen molar-refractivity contribution in [1.29, 1.82) is 0 Å². The Morgan fingerprint density at radius 3 is 1.73 bits per heavy atom. The lowest BCUT2D eigenvalue weighted by Crippen LogP contribution is -1.94. The first-order valence-electron chi connectivity index (χ1n) is 2.66. The van der Waals surface area contributed by atoms with Gasteiger partial charge < -0.3 is 19.4 Å². The van der Waals surface area contributed by atoms with Crippen molar-refractivity contribution in [3.8, 4) is 0 Å². The highest BCUT2D eigenvalue weighted by Crippen LogP contribution is 2.25. The van der Waals surface area contributed by atoms with Crippen LogP contribution in [-0.4, -0.2) is 27.8 Å². The average Bonchev–Trinajstić information content (AvgIpc) is 1.83. The highest BCUT2D eigenvalue weighted by molar-refractivity contribution is 7.45. The van der Waals surface area contributed by atoms with Gasteiger partial charge in [0.1, 0.15) is 0 Å². The number of phosphoric acid groups is 1. The summed E-state index contributed by atoms with van der Waals surface area (Å²) in [6.07, 6.45) is 0.469. The van der Waals surface area contributed by atoms with Crippen LogP contribution in [0.1, 0.15) is 13.3 Å². The molecule has 0 radical (unpaired) electrons. The molecule has 0 aromatic rings. The maximum atomic E-state index is 9.96. The predicted molar refractivity (Wildman–Crippen MR) is 36.6 cm³/mol. The zero-order valence-electron chi connectivity index (χ0n) is 6.22. The van der Waals surface area contributed by atoms with E-state index in [1.807, 2.05) is 0 Å². The number of methoxy groups -OCH3 is 1. The molecule has 0 bridgehead atoms. The van der Waals surface area contributed by atoms with Crippen molar-refractivity contribution >= 4 is 13.8 Å². The van der Waals surface area contributed by atoms with E-state index >= 15 is 0 Å². The van der Waals surface area contributed by atoms with E-state index in [0.717, 1.165) is 0 Å². The first kappa shape index (κ1) is 13.2. The number of hydrogen-bond acceptors (Lipinski definition) is 3. The van der Waals surface area contributed by atoms with Gasteiger partial charge in [-0.15, -0.1) is 0 Å². The van der Waals surface area contributed by atoms with Crippen LogP contribution < -0.4 is 0 Å². The molecule has 0 saturated carbocycles. The normalized spacial score (nSPS) is 9.55. The van der Waals surface area contributed by atoms with E-state index in [4.69, 9.17) is 19.2 Å². The molecule has 0 aromatic carbocycles. The van der Waals surface area contributed by atoms with Crippen molar-refractivity contribution in [3.05, 3.63) is 0 Å². The molecule has 0 rings (SSSR count). The van der Waals surface area contributed by atoms with Crippen LogP contribution in [0.3, 0.4) is 0 Å². The Labute approximate surface area is 64.0 Å². The molecule has 0 aliphatic carbocycles. The molecule has 11 heavy (non-hydrogen) atoms. The Kier molecular flexibility index (Phi) is 7.55. The third-order valence-electron chi connectivity index (χ3n) is 0.516. The van der Waals surface area contributed by atoms with Gasteiger partial charge in [0.2, 0.25) is 0 Å². The Hall–Kier alpha value is -0.420. The van der Waals surface area contributed by atoms with Crippen molar-refractivity contribution in [3.63, 3.8) is 0 Å². The highest BCUT2D eigenvalue weighted by atomic mass is 31.2. The van der Waals surface area contributed by atoms with Gasteiger partial charge in [-0.2, -0.15) is 0 Å². The number of rotatable bonds is 1. The van der Waals surface area contributed by atoms with Crippen molar-refractivity contribution < 1.29 is 28.8 Å². The van der Waals surface area contributed by atoms with E-state index < -0.39 is 7.82 Å². The molecule has 0 aliphatic heterocycles. The molecule has 0 unspecified atom stereocenters. The van der Waals surface area contributed by atoms with Crippen LogP contribution in [0.4, 0.5) is 0 Å². The van der Waals surface area contributed by atoms with Gasteiger partial charge in [-0.1, -0.05) is 6.92 Å². The molecule has 0 heterocycles. The maximum absolute atomic E-state index is 9.96. The molecule has 7 heteroatoms. The third-order valence-corrected chi connectivity index (χ3v) is 0.516. The van der Waals surface area contributed by atoms with Crippen LogP contribution in [0.25, 0.3) is 0 Å². The Bertz CT molecular complexity index is 134. The fourth-order valence-corrected chi connectivity index (χ4v) is 0.144. The SMILES string of the molecule is CCC(=O)OC.O=P(O)(O)O. The lowest BCUT2D eigenvalue weighted by Gasteiger charge is -1.87. The monoisotopic (exact) mass is 186 g/mol. The second-order valence-corrected chi connectivity index (χ2v) is 2.47. The molecule has 0 amide bonds. The van der Waals surface area contributed by atoms with E-state index in [-0.39, 0.29) is 5.97 Å². The van der Waals surface area contributed by atoms with Gasteiger partial charge in [0.15, 0.2) is 0 Å². The van der Waals surface area contributed by atoms with Gasteiger partial charge in [-0.3, -0.25) is 4.79 Å². The largest absolute Gasteiger partial charge is 0.469 e. The summed E-state index contributed by atoms with van der Waals surface area (Å²) in [6, 6.07) is 0. The molecule has 0 atom stereocenters. The minimum absolute atomic E-state index is 0.157. The van der Waals surface area contributed by atoms with Crippen molar-refractivity contribution in [2.24, 2.45) is 0 Å². The van der Waals surface area contributed by atoms with Gasteiger partial charge in [-0.05, 0) is 0 Å². The predicted octanol–water partition coefficient (Wildman–Crippen LogP) is -0.359. The second-order valence-electron chi connectivity index (χ2n) is 1.44. The summed E-state index contributed by atoms with van der Waals surface area (Å²) in [5, 5.41) is 0. The van der Waals surface area contributed by atoms with E-state index in [1.165, 1.54) is 7.11 Å². The van der Waals surface area contributed by atoms with Crippen LogP contribution in [0.15, 0.2) is 0 Å². The molecule has 3 N–H and O–H groups in total. The zero-order chi connectivity index (χ0) is 9.49. The number of carbonyl (C=O) groups excluding carboxylic acids is 1. The van der Waals surface area contributed by atoms with Gasteiger partial charge >= 0.3 is 13.8 Å².